The number of aromatic hydroxyl groups is 1. The van der Waals surface area contributed by atoms with Crippen molar-refractivity contribution in [3.63, 3.8) is 0 Å². The first kappa shape index (κ1) is 15.2. The van der Waals surface area contributed by atoms with Crippen LogP contribution in [0.15, 0.2) is 48.7 Å². The summed E-state index contributed by atoms with van der Waals surface area (Å²) in [6, 6.07) is 9.24. The first-order valence-electron chi connectivity index (χ1n) is 7.19. The molecule has 0 fully saturated rings. The van der Waals surface area contributed by atoms with Crippen molar-refractivity contribution < 1.29 is 5.11 Å². The molecule has 0 aliphatic carbocycles. The molecule has 23 heavy (non-hydrogen) atoms. The molecule has 0 unspecified atom stereocenters. The summed E-state index contributed by atoms with van der Waals surface area (Å²) in [4.78, 5) is 10.8. The zero-order valence-corrected chi connectivity index (χ0v) is 13.8. The molecule has 1 aromatic carbocycles. The monoisotopic (exact) mass is 323 g/mol. The van der Waals surface area contributed by atoms with E-state index in [1.54, 1.807) is 23.5 Å². The van der Waals surface area contributed by atoms with Crippen molar-refractivity contribution in [2.75, 3.05) is 19.0 Å². The lowest BCUT2D eigenvalue weighted by atomic mass is 10.2. The smallest absolute Gasteiger partial charge is 0.127 e. The molecule has 2 aromatic heterocycles. The average molecular weight is 323 g/mol. The number of pyridine rings is 1. The molecule has 0 aliphatic heterocycles. The van der Waals surface area contributed by atoms with Gasteiger partial charge < -0.3 is 10.0 Å². The fraction of sp³-hybridized carbons (Fsp3) is 0.111. The molecule has 3 aromatic rings. The maximum Gasteiger partial charge on any atom is 0.127 e. The molecule has 0 spiro atoms. The molecule has 0 saturated heterocycles. The van der Waals surface area contributed by atoms with Gasteiger partial charge in [-0.2, -0.15) is 0 Å². The highest BCUT2D eigenvalue weighted by Crippen LogP contribution is 2.26. The highest BCUT2D eigenvalue weighted by Gasteiger charge is 2.01. The first-order valence-corrected chi connectivity index (χ1v) is 8.01. The fourth-order valence-electron chi connectivity index (χ4n) is 2.07. The Morgan fingerprint density at radius 3 is 2.65 bits per heavy atom. The number of hydrogen-bond donors (Lipinski definition) is 1. The minimum Gasteiger partial charge on any atom is -0.508 e. The molecule has 0 saturated carbocycles. The zero-order valence-electron chi connectivity index (χ0n) is 13.0. The van der Waals surface area contributed by atoms with Gasteiger partial charge in [0.1, 0.15) is 16.6 Å². The Bertz CT molecular complexity index is 864. The number of rotatable bonds is 4. The molecule has 116 valence electrons. The molecular formula is C18H17N3OS. The van der Waals surface area contributed by atoms with E-state index in [2.05, 4.69) is 9.97 Å². The van der Waals surface area contributed by atoms with E-state index in [-0.39, 0.29) is 5.75 Å². The van der Waals surface area contributed by atoms with Crippen LogP contribution in [0.2, 0.25) is 0 Å². The Morgan fingerprint density at radius 2 is 1.91 bits per heavy atom. The van der Waals surface area contributed by atoms with Gasteiger partial charge in [-0.25, -0.2) is 9.97 Å². The van der Waals surface area contributed by atoms with Gasteiger partial charge in [0.25, 0.3) is 0 Å². The second-order valence-electron chi connectivity index (χ2n) is 5.27. The molecule has 5 heteroatoms. The quantitative estimate of drug-likeness (QED) is 0.731. The van der Waals surface area contributed by atoms with Crippen LogP contribution in [0.25, 0.3) is 22.4 Å². The summed E-state index contributed by atoms with van der Waals surface area (Å²) in [7, 11) is 3.94. The standard InChI is InChI=1S/C18H17N3OS/c1-21(2)17-10-7-13(12-19-17)5-3-4-6-18-20-15-9-8-14(22)11-16(15)23-18/h3-12,22H,1-2H3/b5-3+,6-4+. The zero-order chi connectivity index (χ0) is 16.2. The number of aromatic nitrogens is 2. The van der Waals surface area contributed by atoms with Gasteiger partial charge in [-0.05, 0) is 42.0 Å². The predicted octanol–water partition coefficient (Wildman–Crippen LogP) is 4.19. The molecule has 2 heterocycles. The first-order chi connectivity index (χ1) is 11.1. The minimum atomic E-state index is 0.269. The lowest BCUT2D eigenvalue weighted by molar-refractivity contribution is 0.476. The average Bonchev–Trinajstić information content (AvgIpc) is 2.94. The molecule has 4 nitrogen and oxygen atoms in total. The molecule has 0 atom stereocenters. The number of phenolic OH excluding ortho intramolecular Hbond substituents is 1. The number of benzene rings is 1. The van der Waals surface area contributed by atoms with Crippen molar-refractivity contribution in [3.05, 3.63) is 59.3 Å². The lowest BCUT2D eigenvalue weighted by Gasteiger charge is -2.10. The van der Waals surface area contributed by atoms with Crippen LogP contribution in [0.5, 0.6) is 5.75 Å². The van der Waals surface area contributed by atoms with Crippen LogP contribution in [-0.4, -0.2) is 29.2 Å². The third kappa shape index (κ3) is 3.76. The number of anilines is 1. The summed E-state index contributed by atoms with van der Waals surface area (Å²) in [6.45, 7) is 0. The molecule has 0 radical (unpaired) electrons. The highest BCUT2D eigenvalue weighted by molar-refractivity contribution is 7.19. The van der Waals surface area contributed by atoms with Gasteiger partial charge in [0.2, 0.25) is 0 Å². The number of phenols is 1. The van der Waals surface area contributed by atoms with E-state index in [0.29, 0.717) is 0 Å². The number of fused-ring (bicyclic) bond motifs is 1. The SMILES string of the molecule is CN(C)c1ccc(/C=C/C=C/c2nc3ccc(O)cc3s2)cn1. The van der Waals surface area contributed by atoms with Gasteiger partial charge in [-0.1, -0.05) is 18.2 Å². The Balaban J connectivity index is 1.69. The van der Waals surface area contributed by atoms with Gasteiger partial charge >= 0.3 is 0 Å². The number of hydrogen-bond acceptors (Lipinski definition) is 5. The van der Waals surface area contributed by atoms with Crippen molar-refractivity contribution in [1.29, 1.82) is 0 Å². The topological polar surface area (TPSA) is 49.2 Å². The summed E-state index contributed by atoms with van der Waals surface area (Å²) in [5.41, 5.74) is 1.95. The van der Waals surface area contributed by atoms with Crippen LogP contribution in [-0.2, 0) is 0 Å². The number of nitrogens with zero attached hydrogens (tertiary/aromatic N) is 3. The number of allylic oxidation sites excluding steroid dienone is 2. The summed E-state index contributed by atoms with van der Waals surface area (Å²) < 4.78 is 0.983. The Morgan fingerprint density at radius 1 is 1.09 bits per heavy atom. The normalized spacial score (nSPS) is 11.7. The minimum absolute atomic E-state index is 0.269. The van der Waals surface area contributed by atoms with E-state index < -0.39 is 0 Å². The fourth-order valence-corrected chi connectivity index (χ4v) is 2.98. The third-order valence-corrected chi connectivity index (χ3v) is 4.24. The van der Waals surface area contributed by atoms with Gasteiger partial charge in [0.15, 0.2) is 0 Å². The van der Waals surface area contributed by atoms with Crippen LogP contribution in [0, 0.1) is 0 Å². The van der Waals surface area contributed by atoms with Gasteiger partial charge in [-0.15, -0.1) is 11.3 Å². The van der Waals surface area contributed by atoms with Crippen molar-refractivity contribution in [2.24, 2.45) is 0 Å². The Hall–Kier alpha value is -2.66. The van der Waals surface area contributed by atoms with Crippen molar-refractivity contribution in [2.45, 2.75) is 0 Å². The summed E-state index contributed by atoms with van der Waals surface area (Å²) in [5, 5.41) is 10.4. The molecule has 0 amide bonds. The van der Waals surface area contributed by atoms with E-state index in [1.165, 1.54) is 0 Å². The second kappa shape index (κ2) is 6.62. The lowest BCUT2D eigenvalue weighted by Crippen LogP contribution is -2.09. The molecule has 1 N–H and O–H groups in total. The van der Waals surface area contributed by atoms with E-state index in [4.69, 9.17) is 0 Å². The van der Waals surface area contributed by atoms with E-state index >= 15 is 0 Å². The molecule has 0 aliphatic rings. The summed E-state index contributed by atoms with van der Waals surface area (Å²) >= 11 is 1.55. The Kier molecular flexibility index (Phi) is 4.39. The van der Waals surface area contributed by atoms with Gasteiger partial charge in [0, 0.05) is 20.3 Å². The van der Waals surface area contributed by atoms with Crippen LogP contribution in [0.1, 0.15) is 10.6 Å². The van der Waals surface area contributed by atoms with Crippen molar-refractivity contribution >= 4 is 39.5 Å². The predicted molar refractivity (Wildman–Crippen MR) is 97.9 cm³/mol. The molecular weight excluding hydrogens is 306 g/mol. The van der Waals surface area contributed by atoms with Crippen LogP contribution >= 0.6 is 11.3 Å². The van der Waals surface area contributed by atoms with Gasteiger partial charge in [-0.3, -0.25) is 0 Å². The van der Waals surface area contributed by atoms with Crippen LogP contribution < -0.4 is 4.90 Å². The van der Waals surface area contributed by atoms with Crippen LogP contribution in [0.4, 0.5) is 5.82 Å². The van der Waals surface area contributed by atoms with E-state index in [0.717, 1.165) is 26.6 Å². The third-order valence-electron chi connectivity index (χ3n) is 3.26. The Labute approximate surface area is 139 Å². The summed E-state index contributed by atoms with van der Waals surface area (Å²) in [5.74, 6) is 1.21. The highest BCUT2D eigenvalue weighted by atomic mass is 32.1. The second-order valence-corrected chi connectivity index (χ2v) is 6.33. The van der Waals surface area contributed by atoms with Gasteiger partial charge in [0.05, 0.1) is 10.2 Å². The van der Waals surface area contributed by atoms with Crippen LogP contribution in [0.3, 0.4) is 0 Å². The molecule has 0 bridgehead atoms. The maximum atomic E-state index is 9.47. The largest absolute Gasteiger partial charge is 0.508 e. The van der Waals surface area contributed by atoms with Crippen molar-refractivity contribution in [1.82, 2.24) is 9.97 Å². The maximum absolute atomic E-state index is 9.47. The van der Waals surface area contributed by atoms with E-state index in [9.17, 15) is 5.11 Å². The van der Waals surface area contributed by atoms with E-state index in [1.807, 2.05) is 67.7 Å². The molecule has 3 rings (SSSR count). The summed E-state index contributed by atoms with van der Waals surface area (Å²) in [6.07, 6.45) is 9.73. The number of thiazole rings is 1. The van der Waals surface area contributed by atoms with Crippen molar-refractivity contribution in [3.8, 4) is 5.75 Å².